The molecule has 16 heavy (non-hydrogen) atoms. The topological polar surface area (TPSA) is 54.4 Å². The molecule has 4 heteroatoms. The van der Waals surface area contributed by atoms with Gasteiger partial charge in [0.1, 0.15) is 9.84 Å². The summed E-state index contributed by atoms with van der Waals surface area (Å²) in [5.74, 6) is 0.228. The zero-order valence-corrected chi connectivity index (χ0v) is 10.3. The molecule has 1 atom stereocenters. The summed E-state index contributed by atoms with van der Waals surface area (Å²) >= 11 is 0. The third kappa shape index (κ3) is 3.94. The lowest BCUT2D eigenvalue weighted by Crippen LogP contribution is -2.14. The van der Waals surface area contributed by atoms with E-state index in [4.69, 9.17) is 0 Å². The molecule has 1 aromatic rings. The average Bonchev–Trinajstić information content (AvgIpc) is 2.31. The predicted molar refractivity (Wildman–Crippen MR) is 65.2 cm³/mol. The highest BCUT2D eigenvalue weighted by atomic mass is 32.2. The minimum absolute atomic E-state index is 0.0107. The van der Waals surface area contributed by atoms with Crippen LogP contribution in [0.4, 0.5) is 0 Å². The molecule has 0 aliphatic heterocycles. The number of aliphatic hydroxyl groups excluding tert-OH is 1. The third-order valence-corrected chi connectivity index (χ3v) is 4.45. The molecule has 0 aliphatic carbocycles. The van der Waals surface area contributed by atoms with Crippen LogP contribution in [0.3, 0.4) is 0 Å². The molecule has 3 nitrogen and oxygen atoms in total. The Morgan fingerprint density at radius 1 is 1.25 bits per heavy atom. The zero-order chi connectivity index (χ0) is 12.0. The quantitative estimate of drug-likeness (QED) is 0.824. The first-order valence-corrected chi connectivity index (χ1v) is 7.27. The fourth-order valence-electron chi connectivity index (χ4n) is 1.55. The smallest absolute Gasteiger partial charge is 0.150 e. The van der Waals surface area contributed by atoms with Gasteiger partial charge in [0.2, 0.25) is 0 Å². The Labute approximate surface area is 97.0 Å². The fourth-order valence-corrected chi connectivity index (χ4v) is 2.49. The lowest BCUT2D eigenvalue weighted by molar-refractivity contribution is 0.262. The molecule has 1 N–H and O–H groups in total. The number of rotatable bonds is 6. The van der Waals surface area contributed by atoms with E-state index in [1.807, 2.05) is 30.3 Å². The monoisotopic (exact) mass is 242 g/mol. The number of aliphatic hydroxyl groups is 1. The largest absolute Gasteiger partial charge is 0.396 e. The summed E-state index contributed by atoms with van der Waals surface area (Å²) < 4.78 is 22.7. The first kappa shape index (κ1) is 13.2. The van der Waals surface area contributed by atoms with Crippen molar-refractivity contribution < 1.29 is 13.5 Å². The molecule has 0 saturated heterocycles. The number of hydrogen-bond acceptors (Lipinski definition) is 3. The van der Waals surface area contributed by atoms with Gasteiger partial charge >= 0.3 is 0 Å². The van der Waals surface area contributed by atoms with E-state index in [0.29, 0.717) is 6.42 Å². The number of benzene rings is 1. The van der Waals surface area contributed by atoms with Gasteiger partial charge in [0.25, 0.3) is 0 Å². The molecule has 0 fully saturated rings. The first-order valence-electron chi connectivity index (χ1n) is 5.45. The molecule has 0 bridgehead atoms. The highest BCUT2D eigenvalue weighted by Crippen LogP contribution is 2.19. The maximum absolute atomic E-state index is 11.4. The van der Waals surface area contributed by atoms with Crippen molar-refractivity contribution in [1.82, 2.24) is 0 Å². The molecule has 0 spiro atoms. The highest BCUT2D eigenvalue weighted by Gasteiger charge is 2.14. The Balaban J connectivity index is 2.64. The van der Waals surface area contributed by atoms with E-state index >= 15 is 0 Å². The van der Waals surface area contributed by atoms with Crippen LogP contribution in [-0.4, -0.2) is 31.6 Å². The van der Waals surface area contributed by atoms with Gasteiger partial charge < -0.3 is 5.11 Å². The van der Waals surface area contributed by atoms with Gasteiger partial charge in [0.15, 0.2) is 0 Å². The van der Waals surface area contributed by atoms with Crippen molar-refractivity contribution in [2.24, 2.45) is 0 Å². The van der Waals surface area contributed by atoms with Crippen LogP contribution in [-0.2, 0) is 9.84 Å². The van der Waals surface area contributed by atoms with Crippen LogP contribution in [0.15, 0.2) is 30.3 Å². The van der Waals surface area contributed by atoms with Gasteiger partial charge in [-0.3, -0.25) is 0 Å². The van der Waals surface area contributed by atoms with E-state index in [-0.39, 0.29) is 24.0 Å². The molecule has 1 rings (SSSR count). The lowest BCUT2D eigenvalue weighted by atomic mass is 9.98. The second-order valence-electron chi connectivity index (χ2n) is 3.82. The van der Waals surface area contributed by atoms with Gasteiger partial charge in [-0.2, -0.15) is 0 Å². The van der Waals surface area contributed by atoms with Gasteiger partial charge in [-0.1, -0.05) is 37.3 Å². The maximum atomic E-state index is 11.4. The maximum Gasteiger partial charge on any atom is 0.150 e. The normalized spacial score (nSPS) is 13.6. The van der Waals surface area contributed by atoms with E-state index in [2.05, 4.69) is 0 Å². The van der Waals surface area contributed by atoms with Crippen LogP contribution in [0, 0.1) is 0 Å². The summed E-state index contributed by atoms with van der Waals surface area (Å²) in [6.45, 7) is 1.63. The predicted octanol–water partition coefficient (Wildman–Crippen LogP) is 1.59. The molecule has 1 aromatic carbocycles. The number of hydrogen-bond donors (Lipinski definition) is 1. The van der Waals surface area contributed by atoms with Crippen molar-refractivity contribution in [3.63, 3.8) is 0 Å². The van der Waals surface area contributed by atoms with Crippen LogP contribution in [0.1, 0.15) is 24.8 Å². The molecule has 90 valence electrons. The molecule has 0 heterocycles. The standard InChI is InChI=1S/C12H18O3S/c1-2-16(14,15)9-8-12(10-13)11-6-4-3-5-7-11/h3-7,12-13H,2,8-10H2,1H3. The van der Waals surface area contributed by atoms with E-state index in [1.165, 1.54) is 0 Å². The molecule has 0 amide bonds. The van der Waals surface area contributed by atoms with Gasteiger partial charge in [-0.15, -0.1) is 0 Å². The molecular formula is C12H18O3S. The first-order chi connectivity index (χ1) is 7.59. The molecular weight excluding hydrogens is 224 g/mol. The van der Waals surface area contributed by atoms with Gasteiger partial charge in [0, 0.05) is 18.3 Å². The summed E-state index contributed by atoms with van der Waals surface area (Å²) in [7, 11) is -2.94. The molecule has 0 aromatic heterocycles. The Morgan fingerprint density at radius 3 is 2.38 bits per heavy atom. The van der Waals surface area contributed by atoms with Crippen LogP contribution < -0.4 is 0 Å². The molecule has 0 radical (unpaired) electrons. The Bertz CT molecular complexity index is 398. The van der Waals surface area contributed by atoms with Crippen molar-refractivity contribution >= 4 is 9.84 Å². The van der Waals surface area contributed by atoms with Crippen LogP contribution in [0.5, 0.6) is 0 Å². The van der Waals surface area contributed by atoms with Crippen molar-refractivity contribution in [3.05, 3.63) is 35.9 Å². The third-order valence-electron chi connectivity index (χ3n) is 2.71. The van der Waals surface area contributed by atoms with Gasteiger partial charge in [-0.25, -0.2) is 8.42 Å². The second kappa shape index (κ2) is 6.01. The van der Waals surface area contributed by atoms with Crippen LogP contribution >= 0.6 is 0 Å². The summed E-state index contributed by atoms with van der Waals surface area (Å²) in [4.78, 5) is 0. The Kier molecular flexibility index (Phi) is 4.96. The minimum atomic E-state index is -2.94. The minimum Gasteiger partial charge on any atom is -0.396 e. The van der Waals surface area contributed by atoms with Crippen LogP contribution in [0.2, 0.25) is 0 Å². The SMILES string of the molecule is CCS(=O)(=O)CCC(CO)c1ccccc1. The van der Waals surface area contributed by atoms with Gasteiger partial charge in [-0.05, 0) is 12.0 Å². The van der Waals surface area contributed by atoms with Gasteiger partial charge in [0.05, 0.1) is 5.75 Å². The number of sulfone groups is 1. The summed E-state index contributed by atoms with van der Waals surface area (Å²) in [6, 6.07) is 9.53. The van der Waals surface area contributed by atoms with E-state index in [0.717, 1.165) is 5.56 Å². The average molecular weight is 242 g/mol. The summed E-state index contributed by atoms with van der Waals surface area (Å²) in [5, 5.41) is 9.25. The zero-order valence-electron chi connectivity index (χ0n) is 9.46. The summed E-state index contributed by atoms with van der Waals surface area (Å²) in [6.07, 6.45) is 0.483. The van der Waals surface area contributed by atoms with Crippen molar-refractivity contribution in [1.29, 1.82) is 0 Å². The molecule has 1 unspecified atom stereocenters. The summed E-state index contributed by atoms with van der Waals surface area (Å²) in [5.41, 5.74) is 0.997. The van der Waals surface area contributed by atoms with Crippen molar-refractivity contribution in [2.45, 2.75) is 19.3 Å². The second-order valence-corrected chi connectivity index (χ2v) is 6.29. The lowest BCUT2D eigenvalue weighted by Gasteiger charge is -2.14. The Hall–Kier alpha value is -0.870. The Morgan fingerprint density at radius 2 is 1.88 bits per heavy atom. The molecule has 0 saturated carbocycles. The van der Waals surface area contributed by atoms with E-state index < -0.39 is 9.84 Å². The van der Waals surface area contributed by atoms with Crippen molar-refractivity contribution in [3.8, 4) is 0 Å². The fraction of sp³-hybridized carbons (Fsp3) is 0.500. The molecule has 0 aliphatic rings. The highest BCUT2D eigenvalue weighted by molar-refractivity contribution is 7.91. The van der Waals surface area contributed by atoms with Crippen molar-refractivity contribution in [2.75, 3.05) is 18.1 Å². The van der Waals surface area contributed by atoms with E-state index in [9.17, 15) is 13.5 Å². The van der Waals surface area contributed by atoms with E-state index in [1.54, 1.807) is 6.92 Å². The van der Waals surface area contributed by atoms with Crippen LogP contribution in [0.25, 0.3) is 0 Å².